The van der Waals surface area contributed by atoms with Crippen LogP contribution in [0.2, 0.25) is 0 Å². The lowest BCUT2D eigenvalue weighted by molar-refractivity contribution is -0.133. The van der Waals surface area contributed by atoms with Gasteiger partial charge in [-0.15, -0.1) is 0 Å². The molecule has 1 heterocycles. The number of benzene rings is 2. The Labute approximate surface area is 166 Å². The van der Waals surface area contributed by atoms with E-state index in [2.05, 4.69) is 41.3 Å². The number of hydrogen-bond donors (Lipinski definition) is 0. The second-order valence-corrected chi connectivity index (χ2v) is 7.68. The molecule has 0 saturated carbocycles. The van der Waals surface area contributed by atoms with Crippen molar-refractivity contribution in [1.29, 1.82) is 0 Å². The second kappa shape index (κ2) is 7.30. The lowest BCUT2D eigenvalue weighted by Crippen LogP contribution is -2.31. The van der Waals surface area contributed by atoms with Crippen LogP contribution in [-0.2, 0) is 11.2 Å². The molecule has 0 saturated heterocycles. The number of anilines is 1. The minimum Gasteiger partial charge on any atom is -0.497 e. The minimum atomic E-state index is -0.0334. The van der Waals surface area contributed by atoms with Crippen LogP contribution in [0.15, 0.2) is 47.6 Å². The topological polar surface area (TPSA) is 45.1 Å². The van der Waals surface area contributed by atoms with E-state index in [0.29, 0.717) is 6.42 Å². The highest BCUT2D eigenvalue weighted by molar-refractivity contribution is 6.07. The van der Waals surface area contributed by atoms with Crippen molar-refractivity contribution in [2.45, 2.75) is 32.2 Å². The smallest absolute Gasteiger partial charge is 0.242 e. The Kier molecular flexibility index (Phi) is 4.84. The van der Waals surface area contributed by atoms with Crippen LogP contribution in [0.1, 0.15) is 42.5 Å². The molecule has 0 radical (unpaired) electrons. The predicted octanol–water partition coefficient (Wildman–Crippen LogP) is 4.02. The summed E-state index contributed by atoms with van der Waals surface area (Å²) < 4.78 is 5.38. The number of rotatable bonds is 4. The third-order valence-electron chi connectivity index (χ3n) is 5.83. The number of methoxy groups -OCH3 is 1. The highest BCUT2D eigenvalue weighted by Gasteiger charge is 2.43. The standard InChI is InChI=1S/C23H27N3O2/c1-5-21(27)26-23(15-6-9-17(10-7-15)25(2)3)20-12-8-16-14-18(28-4)11-13-19(16)22(20)24-26/h6-7,9-11,13-14,20,23H,5,8,12H2,1-4H3. The second-order valence-electron chi connectivity index (χ2n) is 7.68. The number of amides is 1. The van der Waals surface area contributed by atoms with Gasteiger partial charge in [-0.2, -0.15) is 5.10 Å². The molecule has 0 fully saturated rings. The number of nitrogens with zero attached hydrogens (tertiary/aromatic N) is 3. The summed E-state index contributed by atoms with van der Waals surface area (Å²) in [6.07, 6.45) is 2.40. The van der Waals surface area contributed by atoms with Crippen molar-refractivity contribution in [3.05, 3.63) is 59.2 Å². The van der Waals surface area contributed by atoms with E-state index in [1.807, 2.05) is 27.1 Å². The predicted molar refractivity (Wildman–Crippen MR) is 112 cm³/mol. The molecule has 1 aliphatic heterocycles. The molecule has 5 nitrogen and oxygen atoms in total. The third-order valence-corrected chi connectivity index (χ3v) is 5.83. The molecule has 2 aromatic carbocycles. The van der Waals surface area contributed by atoms with Gasteiger partial charge >= 0.3 is 0 Å². The van der Waals surface area contributed by atoms with Crippen molar-refractivity contribution in [2.24, 2.45) is 11.0 Å². The fourth-order valence-corrected chi connectivity index (χ4v) is 4.30. The zero-order valence-corrected chi connectivity index (χ0v) is 17.0. The van der Waals surface area contributed by atoms with Gasteiger partial charge < -0.3 is 9.64 Å². The van der Waals surface area contributed by atoms with Gasteiger partial charge in [0.1, 0.15) is 5.75 Å². The van der Waals surface area contributed by atoms with Gasteiger partial charge in [0, 0.05) is 37.7 Å². The van der Waals surface area contributed by atoms with Crippen molar-refractivity contribution in [3.8, 4) is 5.75 Å². The molecule has 28 heavy (non-hydrogen) atoms. The van der Waals surface area contributed by atoms with Crippen LogP contribution < -0.4 is 9.64 Å². The SMILES string of the molecule is CCC(=O)N1N=C2c3ccc(OC)cc3CCC2C1c1ccc(N(C)C)cc1. The first-order valence-corrected chi connectivity index (χ1v) is 9.88. The summed E-state index contributed by atoms with van der Waals surface area (Å²) in [7, 11) is 5.76. The highest BCUT2D eigenvalue weighted by atomic mass is 16.5. The molecule has 4 rings (SSSR count). The van der Waals surface area contributed by atoms with Gasteiger partial charge in [0.2, 0.25) is 5.91 Å². The number of carbonyl (C=O) groups excluding carboxylic acids is 1. The van der Waals surface area contributed by atoms with E-state index < -0.39 is 0 Å². The van der Waals surface area contributed by atoms with Gasteiger partial charge in [-0.1, -0.05) is 19.1 Å². The molecule has 2 aromatic rings. The molecule has 2 atom stereocenters. The van der Waals surface area contributed by atoms with Gasteiger partial charge in [0.25, 0.3) is 0 Å². The molecular weight excluding hydrogens is 350 g/mol. The van der Waals surface area contributed by atoms with E-state index in [0.717, 1.165) is 41.1 Å². The molecule has 2 aliphatic rings. The Morgan fingerprint density at radius 2 is 1.96 bits per heavy atom. The Hall–Kier alpha value is -2.82. The third kappa shape index (κ3) is 3.05. The largest absolute Gasteiger partial charge is 0.497 e. The molecular formula is C23H27N3O2. The molecule has 146 valence electrons. The van der Waals surface area contributed by atoms with Gasteiger partial charge in [0.05, 0.1) is 18.9 Å². The van der Waals surface area contributed by atoms with Crippen LogP contribution in [0, 0.1) is 5.92 Å². The van der Waals surface area contributed by atoms with Crippen LogP contribution in [0.25, 0.3) is 0 Å². The molecule has 0 spiro atoms. The summed E-state index contributed by atoms with van der Waals surface area (Å²) in [5.74, 6) is 1.16. The number of fused-ring (bicyclic) bond motifs is 3. The summed E-state index contributed by atoms with van der Waals surface area (Å²) in [4.78, 5) is 14.8. The van der Waals surface area contributed by atoms with E-state index in [-0.39, 0.29) is 17.9 Å². The average Bonchev–Trinajstić information content (AvgIpc) is 3.12. The minimum absolute atomic E-state index is 0.0334. The number of aryl methyl sites for hydroxylation is 1. The molecule has 0 N–H and O–H groups in total. The molecule has 5 heteroatoms. The van der Waals surface area contributed by atoms with E-state index >= 15 is 0 Å². The van der Waals surface area contributed by atoms with Crippen molar-refractivity contribution in [1.82, 2.24) is 5.01 Å². The first-order chi connectivity index (χ1) is 13.5. The Bertz CT molecular complexity index is 918. The number of carbonyl (C=O) groups is 1. The van der Waals surface area contributed by atoms with E-state index in [4.69, 9.17) is 9.84 Å². The first kappa shape index (κ1) is 18.5. The van der Waals surface area contributed by atoms with E-state index in [9.17, 15) is 4.79 Å². The Morgan fingerprint density at radius 3 is 2.61 bits per heavy atom. The van der Waals surface area contributed by atoms with Crippen LogP contribution in [0.3, 0.4) is 0 Å². The quantitative estimate of drug-likeness (QED) is 0.808. The van der Waals surface area contributed by atoms with Crippen LogP contribution in [0.4, 0.5) is 5.69 Å². The zero-order chi connectivity index (χ0) is 19.8. The van der Waals surface area contributed by atoms with Crippen molar-refractivity contribution >= 4 is 17.3 Å². The number of ether oxygens (including phenoxy) is 1. The van der Waals surface area contributed by atoms with Crippen molar-refractivity contribution in [3.63, 3.8) is 0 Å². The molecule has 1 amide bonds. The maximum absolute atomic E-state index is 12.7. The van der Waals surface area contributed by atoms with Crippen LogP contribution in [0.5, 0.6) is 5.75 Å². The monoisotopic (exact) mass is 377 g/mol. The average molecular weight is 377 g/mol. The molecule has 0 bridgehead atoms. The number of hydrogen-bond acceptors (Lipinski definition) is 4. The van der Waals surface area contributed by atoms with Gasteiger partial charge in [0.15, 0.2) is 0 Å². The highest BCUT2D eigenvalue weighted by Crippen LogP contribution is 2.44. The maximum Gasteiger partial charge on any atom is 0.242 e. The van der Waals surface area contributed by atoms with Gasteiger partial charge in [-0.05, 0) is 54.3 Å². The maximum atomic E-state index is 12.7. The van der Waals surface area contributed by atoms with E-state index in [1.165, 1.54) is 5.56 Å². The summed E-state index contributed by atoms with van der Waals surface area (Å²) >= 11 is 0. The van der Waals surface area contributed by atoms with Crippen molar-refractivity contribution in [2.75, 3.05) is 26.1 Å². The Balaban J connectivity index is 1.74. The van der Waals surface area contributed by atoms with Gasteiger partial charge in [-0.25, -0.2) is 5.01 Å². The van der Waals surface area contributed by atoms with Gasteiger partial charge in [-0.3, -0.25) is 4.79 Å². The molecule has 1 aliphatic carbocycles. The van der Waals surface area contributed by atoms with Crippen molar-refractivity contribution < 1.29 is 9.53 Å². The zero-order valence-electron chi connectivity index (χ0n) is 17.0. The fraction of sp³-hybridized carbons (Fsp3) is 0.391. The lowest BCUT2D eigenvalue weighted by Gasteiger charge is -2.30. The first-order valence-electron chi connectivity index (χ1n) is 9.88. The summed E-state index contributed by atoms with van der Waals surface area (Å²) in [5.41, 5.74) is 5.73. The molecule has 0 aromatic heterocycles. The number of hydrazone groups is 1. The fourth-order valence-electron chi connectivity index (χ4n) is 4.30. The molecule has 2 unspecified atom stereocenters. The van der Waals surface area contributed by atoms with Crippen LogP contribution in [-0.4, -0.2) is 37.8 Å². The Morgan fingerprint density at radius 1 is 1.21 bits per heavy atom. The lowest BCUT2D eigenvalue weighted by atomic mass is 9.77. The summed E-state index contributed by atoms with van der Waals surface area (Å²) in [6.45, 7) is 1.90. The summed E-state index contributed by atoms with van der Waals surface area (Å²) in [5, 5.41) is 6.57. The van der Waals surface area contributed by atoms with E-state index in [1.54, 1.807) is 12.1 Å². The summed E-state index contributed by atoms with van der Waals surface area (Å²) in [6, 6.07) is 14.6. The normalized spacial score (nSPS) is 20.3. The van der Waals surface area contributed by atoms with Crippen LogP contribution >= 0.6 is 0 Å².